The number of allylic oxidation sites excluding steroid dienone is 1. The molecule has 6 heteroatoms. The quantitative estimate of drug-likeness (QED) is 0.538. The molecule has 0 spiro atoms. The zero-order valence-corrected chi connectivity index (χ0v) is 8.62. The van der Waals surface area contributed by atoms with Gasteiger partial charge in [0.2, 0.25) is 0 Å². The maximum absolute atomic E-state index is 11.4. The van der Waals surface area contributed by atoms with Gasteiger partial charge in [-0.25, -0.2) is 0 Å². The molecule has 3 nitrogen and oxygen atoms in total. The van der Waals surface area contributed by atoms with Gasteiger partial charge in [0.25, 0.3) is 0 Å². The van der Waals surface area contributed by atoms with E-state index in [0.717, 1.165) is 5.54 Å². The molecule has 0 aromatic heterocycles. The Bertz CT molecular complexity index is 184. The van der Waals surface area contributed by atoms with E-state index in [0.29, 0.717) is 0 Å². The highest BCUT2D eigenvalue weighted by molar-refractivity contribution is 7.58. The van der Waals surface area contributed by atoms with Gasteiger partial charge in [-0.05, 0) is 0 Å². The van der Waals surface area contributed by atoms with Gasteiger partial charge in [0.05, 0.1) is 11.2 Å². The lowest BCUT2D eigenvalue weighted by molar-refractivity contribution is 0.283. The van der Waals surface area contributed by atoms with Crippen molar-refractivity contribution < 1.29 is 13.6 Å². The zero-order chi connectivity index (χ0) is 8.91. The van der Waals surface area contributed by atoms with Gasteiger partial charge in [0.1, 0.15) is 0 Å². The summed E-state index contributed by atoms with van der Waals surface area (Å²) in [6, 6.07) is 0. The Morgan fingerprint density at radius 2 is 2.00 bits per heavy atom. The first kappa shape index (κ1) is 11.5. The predicted octanol–water partition coefficient (Wildman–Crippen LogP) is 2.79. The van der Waals surface area contributed by atoms with Crippen molar-refractivity contribution in [2.24, 2.45) is 0 Å². The molecule has 0 aromatic carbocycles. The molecule has 0 aliphatic carbocycles. The van der Waals surface area contributed by atoms with E-state index in [-0.39, 0.29) is 11.2 Å². The second-order valence-electron chi connectivity index (χ2n) is 1.60. The number of alkyl halides is 1. The minimum Gasteiger partial charge on any atom is -0.309 e. The van der Waals surface area contributed by atoms with Crippen LogP contribution in [0.25, 0.3) is 0 Å². The largest absolute Gasteiger partial charge is 0.358 e. The summed E-state index contributed by atoms with van der Waals surface area (Å²) in [5, 5.41) is 0.255. The maximum Gasteiger partial charge on any atom is 0.358 e. The van der Waals surface area contributed by atoms with E-state index in [2.05, 4.69) is 9.05 Å². The van der Waals surface area contributed by atoms with E-state index in [9.17, 15) is 4.57 Å². The van der Waals surface area contributed by atoms with Crippen LogP contribution in [-0.2, 0) is 13.6 Å². The number of halogens is 2. The van der Waals surface area contributed by atoms with Crippen LogP contribution >= 0.6 is 30.8 Å². The molecule has 11 heavy (non-hydrogen) atoms. The highest BCUT2D eigenvalue weighted by atomic mass is 35.5. The van der Waals surface area contributed by atoms with Crippen LogP contribution < -0.4 is 0 Å². The van der Waals surface area contributed by atoms with Gasteiger partial charge in [-0.3, -0.25) is 4.57 Å². The SMILES string of the molecule is COP(=O)(OC)/C(=C/Cl)CCl. The molecule has 0 atom stereocenters. The summed E-state index contributed by atoms with van der Waals surface area (Å²) in [5.74, 6) is 0.0302. The first-order valence-electron chi connectivity index (χ1n) is 2.72. The topological polar surface area (TPSA) is 35.5 Å². The van der Waals surface area contributed by atoms with Crippen LogP contribution in [0.4, 0.5) is 0 Å². The summed E-state index contributed by atoms with van der Waals surface area (Å²) in [6.45, 7) is 0. The van der Waals surface area contributed by atoms with Crippen LogP contribution in [0.15, 0.2) is 10.8 Å². The average molecular weight is 219 g/mol. The van der Waals surface area contributed by atoms with Crippen molar-refractivity contribution >= 4 is 30.8 Å². The van der Waals surface area contributed by atoms with Crippen LogP contribution in [-0.4, -0.2) is 20.1 Å². The van der Waals surface area contributed by atoms with Crippen LogP contribution in [0.3, 0.4) is 0 Å². The summed E-state index contributed by atoms with van der Waals surface area (Å²) in [6.07, 6.45) is 0. The molecule has 66 valence electrons. The van der Waals surface area contributed by atoms with E-state index in [4.69, 9.17) is 23.2 Å². The molecule has 0 saturated heterocycles. The normalized spacial score (nSPS) is 13.6. The fourth-order valence-corrected chi connectivity index (χ4v) is 2.39. The van der Waals surface area contributed by atoms with Gasteiger partial charge in [-0.1, -0.05) is 11.6 Å². The summed E-state index contributed by atoms with van der Waals surface area (Å²) in [5.41, 5.74) is 1.11. The molecule has 0 saturated carbocycles. The van der Waals surface area contributed by atoms with Crippen LogP contribution in [0.1, 0.15) is 0 Å². The standard InChI is InChI=1S/C5H9Cl2O3P/c1-9-11(8,10-2)5(3-6)4-7/h3H,4H2,1-2H3/b5-3+. The molecular weight excluding hydrogens is 210 g/mol. The Hall–Kier alpha value is 0.470. The first-order valence-corrected chi connectivity index (χ1v) is 5.23. The monoisotopic (exact) mass is 218 g/mol. The highest BCUT2D eigenvalue weighted by Gasteiger charge is 2.26. The Kier molecular flexibility index (Phi) is 5.40. The van der Waals surface area contributed by atoms with Crippen LogP contribution in [0, 0.1) is 0 Å². The van der Waals surface area contributed by atoms with Gasteiger partial charge in [0, 0.05) is 19.8 Å². The third-order valence-corrected chi connectivity index (χ3v) is 3.94. The van der Waals surface area contributed by atoms with Crippen molar-refractivity contribution in [1.82, 2.24) is 0 Å². The van der Waals surface area contributed by atoms with E-state index in [1.165, 1.54) is 14.2 Å². The van der Waals surface area contributed by atoms with Gasteiger partial charge in [0.15, 0.2) is 0 Å². The first-order chi connectivity index (χ1) is 5.14. The molecule has 0 bridgehead atoms. The van der Waals surface area contributed by atoms with Gasteiger partial charge in [-0.2, -0.15) is 0 Å². The minimum atomic E-state index is -3.19. The molecular formula is C5H9Cl2O3P. The fraction of sp³-hybridized carbons (Fsp3) is 0.600. The molecule has 0 unspecified atom stereocenters. The van der Waals surface area contributed by atoms with E-state index < -0.39 is 7.60 Å². The van der Waals surface area contributed by atoms with Gasteiger partial charge < -0.3 is 9.05 Å². The minimum absolute atomic E-state index is 0.0302. The summed E-state index contributed by atoms with van der Waals surface area (Å²) < 4.78 is 20.7. The van der Waals surface area contributed by atoms with Crippen molar-refractivity contribution in [3.8, 4) is 0 Å². The molecule has 0 aliphatic heterocycles. The zero-order valence-electron chi connectivity index (χ0n) is 6.21. The molecule has 0 aromatic rings. The Labute approximate surface area is 75.8 Å². The van der Waals surface area contributed by atoms with Crippen molar-refractivity contribution in [2.75, 3.05) is 20.1 Å². The number of hydrogen-bond donors (Lipinski definition) is 0. The van der Waals surface area contributed by atoms with Crippen LogP contribution in [0.5, 0.6) is 0 Å². The van der Waals surface area contributed by atoms with Crippen molar-refractivity contribution in [2.45, 2.75) is 0 Å². The third kappa shape index (κ3) is 2.77. The summed E-state index contributed by atoms with van der Waals surface area (Å²) in [7, 11) is -0.644. The number of rotatable bonds is 4. The molecule has 0 amide bonds. The predicted molar refractivity (Wildman–Crippen MR) is 46.3 cm³/mol. The molecule has 0 rings (SSSR count). The summed E-state index contributed by atoms with van der Waals surface area (Å²) >= 11 is 10.8. The molecule has 0 fully saturated rings. The highest BCUT2D eigenvalue weighted by Crippen LogP contribution is 2.55. The van der Waals surface area contributed by atoms with Crippen molar-refractivity contribution in [3.05, 3.63) is 10.8 Å². The Morgan fingerprint density at radius 1 is 1.55 bits per heavy atom. The van der Waals surface area contributed by atoms with Gasteiger partial charge in [-0.15, -0.1) is 11.6 Å². The van der Waals surface area contributed by atoms with Crippen molar-refractivity contribution in [3.63, 3.8) is 0 Å². The van der Waals surface area contributed by atoms with E-state index in [1.54, 1.807) is 0 Å². The average Bonchev–Trinajstić information content (AvgIpc) is 2.06. The second kappa shape index (κ2) is 5.18. The molecule has 0 radical (unpaired) electrons. The van der Waals surface area contributed by atoms with E-state index >= 15 is 0 Å². The lowest BCUT2D eigenvalue weighted by Gasteiger charge is -2.13. The lowest BCUT2D eigenvalue weighted by Crippen LogP contribution is -1.93. The fourth-order valence-electron chi connectivity index (χ4n) is 0.471. The third-order valence-electron chi connectivity index (χ3n) is 1.10. The summed E-state index contributed by atoms with van der Waals surface area (Å²) in [4.78, 5) is 0. The second-order valence-corrected chi connectivity index (χ2v) is 4.38. The molecule has 0 heterocycles. The molecule has 0 aliphatic rings. The number of hydrogen-bond acceptors (Lipinski definition) is 3. The Balaban J connectivity index is 4.62. The van der Waals surface area contributed by atoms with Crippen LogP contribution in [0.2, 0.25) is 0 Å². The van der Waals surface area contributed by atoms with E-state index in [1.807, 2.05) is 0 Å². The van der Waals surface area contributed by atoms with Gasteiger partial charge >= 0.3 is 7.60 Å². The lowest BCUT2D eigenvalue weighted by atomic mass is 10.7. The molecule has 0 N–H and O–H groups in total. The smallest absolute Gasteiger partial charge is 0.309 e. The Morgan fingerprint density at radius 3 is 2.09 bits per heavy atom. The maximum atomic E-state index is 11.4. The van der Waals surface area contributed by atoms with Crippen molar-refractivity contribution in [1.29, 1.82) is 0 Å².